The van der Waals surface area contributed by atoms with Gasteiger partial charge in [-0.2, -0.15) is 0 Å². The molecular weight excluding hydrogens is 446 g/mol. The van der Waals surface area contributed by atoms with Gasteiger partial charge in [0.25, 0.3) is 5.56 Å². The summed E-state index contributed by atoms with van der Waals surface area (Å²) in [6.45, 7) is 0.377. The number of ether oxygens (including phenoxy) is 1. The maximum Gasteiger partial charge on any atom is 0.258 e. The molecule has 2 N–H and O–H groups in total. The Kier molecular flexibility index (Phi) is 6.21. The molecule has 1 amide bonds. The number of nitrogens with two attached hydrogens (primary N) is 1. The van der Waals surface area contributed by atoms with E-state index in [2.05, 4.69) is 18.2 Å². The number of fused-ring (bicyclic) bond motifs is 4. The Morgan fingerprint density at radius 1 is 1.12 bits per heavy atom. The number of rotatable bonds is 6. The number of primary amides is 1. The molecule has 5 rings (SSSR count). The number of hydrogen-bond acceptors (Lipinski definition) is 5. The molecule has 34 heavy (non-hydrogen) atoms. The molecule has 1 spiro atoms. The number of hydrogen-bond donors (Lipinski definition) is 1. The second-order valence-electron chi connectivity index (χ2n) is 9.29. The molecule has 1 aromatic heterocycles. The number of benzene rings is 2. The minimum absolute atomic E-state index is 0.00388. The molecule has 0 radical (unpaired) electrons. The lowest BCUT2D eigenvalue weighted by molar-refractivity contribution is -0.115. The fourth-order valence-electron chi connectivity index (χ4n) is 5.52. The number of thioether (sulfide) groups is 1. The first-order valence-corrected chi connectivity index (χ1v) is 12.8. The van der Waals surface area contributed by atoms with Crippen LogP contribution in [0, 0.1) is 0 Å². The summed E-state index contributed by atoms with van der Waals surface area (Å²) in [4.78, 5) is 30.9. The summed E-state index contributed by atoms with van der Waals surface area (Å²) in [5.74, 6) is 0.401. The van der Waals surface area contributed by atoms with Gasteiger partial charge in [0.15, 0.2) is 5.16 Å². The van der Waals surface area contributed by atoms with Crippen LogP contribution in [-0.4, -0.2) is 28.3 Å². The predicted molar refractivity (Wildman–Crippen MR) is 134 cm³/mol. The number of aromatic nitrogens is 2. The smallest absolute Gasteiger partial charge is 0.258 e. The zero-order valence-electron chi connectivity index (χ0n) is 19.4. The first-order chi connectivity index (χ1) is 16.5. The van der Waals surface area contributed by atoms with Crippen molar-refractivity contribution in [3.63, 3.8) is 0 Å². The summed E-state index contributed by atoms with van der Waals surface area (Å²) in [6, 6.07) is 16.0. The predicted octanol–water partition coefficient (Wildman–Crippen LogP) is 4.30. The molecule has 6 nitrogen and oxygen atoms in total. The van der Waals surface area contributed by atoms with Crippen LogP contribution in [0.3, 0.4) is 0 Å². The molecule has 0 atom stereocenters. The van der Waals surface area contributed by atoms with Crippen molar-refractivity contribution in [3.05, 3.63) is 75.6 Å². The van der Waals surface area contributed by atoms with Crippen molar-refractivity contribution in [2.45, 2.75) is 55.6 Å². The van der Waals surface area contributed by atoms with Crippen LogP contribution in [0.5, 0.6) is 5.75 Å². The first-order valence-electron chi connectivity index (χ1n) is 11.8. The van der Waals surface area contributed by atoms with Crippen LogP contribution in [0.4, 0.5) is 0 Å². The van der Waals surface area contributed by atoms with Gasteiger partial charge in [-0.15, -0.1) is 0 Å². The van der Waals surface area contributed by atoms with Crippen molar-refractivity contribution in [1.82, 2.24) is 9.55 Å². The number of nitrogens with zero attached hydrogens (tertiary/aromatic N) is 2. The normalized spacial score (nSPS) is 16.0. The van der Waals surface area contributed by atoms with Crippen LogP contribution in [0.15, 0.2) is 58.5 Å². The second-order valence-corrected chi connectivity index (χ2v) is 10.2. The summed E-state index contributed by atoms with van der Waals surface area (Å²) in [5, 5.41) is 0.529. The lowest BCUT2D eigenvalue weighted by Gasteiger charge is -2.42. The van der Waals surface area contributed by atoms with E-state index in [4.69, 9.17) is 15.5 Å². The van der Waals surface area contributed by atoms with Crippen LogP contribution in [0.25, 0.3) is 11.3 Å². The Morgan fingerprint density at radius 3 is 2.56 bits per heavy atom. The highest BCUT2D eigenvalue weighted by molar-refractivity contribution is 7.99. The molecule has 1 fully saturated rings. The summed E-state index contributed by atoms with van der Waals surface area (Å²) >= 11 is 1.23. The minimum atomic E-state index is -0.433. The molecule has 2 aliphatic carbocycles. The van der Waals surface area contributed by atoms with Crippen molar-refractivity contribution < 1.29 is 9.53 Å². The average Bonchev–Trinajstić information content (AvgIpc) is 2.85. The fraction of sp³-hybridized carbons (Fsp3) is 0.370. The largest absolute Gasteiger partial charge is 0.497 e. The third-order valence-corrected chi connectivity index (χ3v) is 8.12. The monoisotopic (exact) mass is 475 g/mol. The average molecular weight is 476 g/mol. The number of carbonyl (C=O) groups is 1. The van der Waals surface area contributed by atoms with Crippen molar-refractivity contribution >= 4 is 17.7 Å². The Labute approximate surface area is 203 Å². The molecule has 2 aliphatic rings. The SMILES string of the molecule is COc1ccc(Cn2c(SCC(N)=O)nc3c(c2=O)C2(CCCCC2)Cc2ccccc2-3)cc1. The Morgan fingerprint density at radius 2 is 1.85 bits per heavy atom. The summed E-state index contributed by atoms with van der Waals surface area (Å²) in [5.41, 5.74) is 10.2. The third-order valence-electron chi connectivity index (χ3n) is 7.12. The number of carbonyl (C=O) groups excluding carboxylic acids is 1. The molecule has 0 bridgehead atoms. The molecule has 3 aromatic rings. The van der Waals surface area contributed by atoms with E-state index in [0.717, 1.165) is 60.2 Å². The van der Waals surface area contributed by atoms with Crippen molar-refractivity contribution in [3.8, 4) is 17.0 Å². The van der Waals surface area contributed by atoms with Crippen LogP contribution in [0.2, 0.25) is 0 Å². The number of amides is 1. The maximum atomic E-state index is 14.3. The van der Waals surface area contributed by atoms with E-state index in [0.29, 0.717) is 11.7 Å². The van der Waals surface area contributed by atoms with Gasteiger partial charge in [0, 0.05) is 11.0 Å². The summed E-state index contributed by atoms with van der Waals surface area (Å²) in [7, 11) is 1.63. The standard InChI is InChI=1S/C27H29N3O3S/c1-33-20-11-9-18(10-12-20)16-30-25(32)23-24(29-26(30)34-17-22(28)31)21-8-4-3-7-19(21)15-27(23)13-5-2-6-14-27/h3-4,7-12H,2,5-6,13-17H2,1H3,(H2,28,31). The van der Waals surface area contributed by atoms with E-state index in [1.165, 1.54) is 23.7 Å². The van der Waals surface area contributed by atoms with E-state index in [9.17, 15) is 9.59 Å². The van der Waals surface area contributed by atoms with Crippen LogP contribution >= 0.6 is 11.8 Å². The highest BCUT2D eigenvalue weighted by Gasteiger charge is 2.43. The topological polar surface area (TPSA) is 87.2 Å². The van der Waals surface area contributed by atoms with Gasteiger partial charge in [-0.3, -0.25) is 14.2 Å². The van der Waals surface area contributed by atoms with Crippen LogP contribution in [0.1, 0.15) is 48.8 Å². The quantitative estimate of drug-likeness (QED) is 0.424. The highest BCUT2D eigenvalue weighted by Crippen LogP contribution is 2.48. The van der Waals surface area contributed by atoms with Gasteiger partial charge in [-0.1, -0.05) is 67.4 Å². The Bertz CT molecular complexity index is 1280. The molecule has 176 valence electrons. The van der Waals surface area contributed by atoms with E-state index in [-0.39, 0.29) is 16.7 Å². The third kappa shape index (κ3) is 4.13. The lowest BCUT2D eigenvalue weighted by atomic mass is 9.62. The first kappa shape index (κ1) is 22.7. The lowest BCUT2D eigenvalue weighted by Crippen LogP contribution is -2.43. The molecule has 0 aliphatic heterocycles. The van der Waals surface area contributed by atoms with E-state index < -0.39 is 5.91 Å². The van der Waals surface area contributed by atoms with Crippen LogP contribution in [-0.2, 0) is 23.2 Å². The van der Waals surface area contributed by atoms with Crippen molar-refractivity contribution in [2.24, 2.45) is 5.73 Å². The van der Waals surface area contributed by atoms with Gasteiger partial charge in [0.05, 0.1) is 30.7 Å². The molecule has 2 aromatic carbocycles. The molecule has 1 saturated carbocycles. The van der Waals surface area contributed by atoms with Crippen molar-refractivity contribution in [1.29, 1.82) is 0 Å². The van der Waals surface area contributed by atoms with E-state index in [1.54, 1.807) is 11.7 Å². The molecule has 1 heterocycles. The zero-order chi connectivity index (χ0) is 23.7. The number of methoxy groups -OCH3 is 1. The van der Waals surface area contributed by atoms with Gasteiger partial charge < -0.3 is 10.5 Å². The van der Waals surface area contributed by atoms with Gasteiger partial charge in [-0.25, -0.2) is 4.98 Å². The molecular formula is C27H29N3O3S. The van der Waals surface area contributed by atoms with Gasteiger partial charge >= 0.3 is 0 Å². The van der Waals surface area contributed by atoms with Crippen molar-refractivity contribution in [2.75, 3.05) is 12.9 Å². The zero-order valence-corrected chi connectivity index (χ0v) is 20.2. The second kappa shape index (κ2) is 9.29. The van der Waals surface area contributed by atoms with Gasteiger partial charge in [0.1, 0.15) is 5.75 Å². The summed E-state index contributed by atoms with van der Waals surface area (Å²) < 4.78 is 7.01. The van der Waals surface area contributed by atoms with E-state index in [1.807, 2.05) is 30.3 Å². The fourth-order valence-corrected chi connectivity index (χ4v) is 6.25. The molecule has 0 saturated heterocycles. The molecule has 0 unspecified atom stereocenters. The van der Waals surface area contributed by atoms with Crippen LogP contribution < -0.4 is 16.0 Å². The summed E-state index contributed by atoms with van der Waals surface area (Å²) in [6.07, 6.45) is 6.33. The maximum absolute atomic E-state index is 14.3. The minimum Gasteiger partial charge on any atom is -0.497 e. The Balaban J connectivity index is 1.70. The van der Waals surface area contributed by atoms with Gasteiger partial charge in [-0.05, 0) is 42.5 Å². The molecule has 7 heteroatoms. The Hall–Kier alpha value is -3.06. The van der Waals surface area contributed by atoms with E-state index >= 15 is 0 Å². The van der Waals surface area contributed by atoms with Gasteiger partial charge in [0.2, 0.25) is 5.91 Å². The highest BCUT2D eigenvalue weighted by atomic mass is 32.2.